The van der Waals surface area contributed by atoms with Gasteiger partial charge in [-0.25, -0.2) is 0 Å². The molecule has 1 aliphatic rings. The van der Waals surface area contributed by atoms with Gasteiger partial charge in [0, 0.05) is 19.0 Å². The highest BCUT2D eigenvalue weighted by Crippen LogP contribution is 2.27. The number of nitrogens with zero attached hydrogens (tertiary/aromatic N) is 1. The molecule has 0 aliphatic carbocycles. The van der Waals surface area contributed by atoms with Gasteiger partial charge in [-0.3, -0.25) is 9.59 Å². The Morgan fingerprint density at radius 2 is 2.11 bits per heavy atom. The molecule has 0 saturated carbocycles. The van der Waals surface area contributed by atoms with Gasteiger partial charge in [-0.1, -0.05) is 0 Å². The molecule has 0 bridgehead atoms. The van der Waals surface area contributed by atoms with Gasteiger partial charge in [-0.05, 0) is 24.3 Å². The van der Waals surface area contributed by atoms with Crippen LogP contribution in [-0.2, 0) is 4.79 Å². The van der Waals surface area contributed by atoms with Gasteiger partial charge < -0.3 is 15.4 Å². The van der Waals surface area contributed by atoms with Gasteiger partial charge in [0.15, 0.2) is 0 Å². The minimum Gasteiger partial charge on any atom is -0.495 e. The molecule has 0 radical (unpaired) electrons. The molecule has 98 valence electrons. The molecule has 6 heteroatoms. The SMILES string of the molecule is COc1ccsc1C(=O)N1CCC(C(N)=O)CC1. The topological polar surface area (TPSA) is 72.6 Å². The fourth-order valence-electron chi connectivity index (χ4n) is 2.12. The third kappa shape index (κ3) is 2.48. The molecule has 0 unspecified atom stereocenters. The molecule has 0 spiro atoms. The second kappa shape index (κ2) is 5.39. The number of hydrogen-bond acceptors (Lipinski definition) is 4. The van der Waals surface area contributed by atoms with Crippen LogP contribution >= 0.6 is 11.3 Å². The molecule has 2 rings (SSSR count). The highest BCUT2D eigenvalue weighted by Gasteiger charge is 2.28. The molecule has 5 nitrogen and oxygen atoms in total. The lowest BCUT2D eigenvalue weighted by Crippen LogP contribution is -2.41. The third-order valence-corrected chi connectivity index (χ3v) is 4.11. The van der Waals surface area contributed by atoms with Crippen LogP contribution in [0, 0.1) is 5.92 Å². The van der Waals surface area contributed by atoms with Crippen molar-refractivity contribution in [2.24, 2.45) is 11.7 Å². The number of carbonyl (C=O) groups excluding carboxylic acids is 2. The standard InChI is InChI=1S/C12H16N2O3S/c1-17-9-4-7-18-10(9)12(16)14-5-2-8(3-6-14)11(13)15/h4,7-8H,2-3,5-6H2,1H3,(H2,13,15). The molecular weight excluding hydrogens is 252 g/mol. The number of nitrogens with two attached hydrogens (primary N) is 1. The molecule has 1 fully saturated rings. The van der Waals surface area contributed by atoms with E-state index in [0.29, 0.717) is 36.6 Å². The first kappa shape index (κ1) is 12.9. The van der Waals surface area contributed by atoms with Crippen molar-refractivity contribution in [2.75, 3.05) is 20.2 Å². The number of carbonyl (C=O) groups is 2. The predicted molar refractivity (Wildman–Crippen MR) is 68.7 cm³/mol. The largest absolute Gasteiger partial charge is 0.495 e. The normalized spacial score (nSPS) is 16.6. The quantitative estimate of drug-likeness (QED) is 0.892. The maximum absolute atomic E-state index is 12.3. The Kier molecular flexibility index (Phi) is 3.86. The van der Waals surface area contributed by atoms with E-state index in [2.05, 4.69) is 0 Å². The van der Waals surface area contributed by atoms with Gasteiger partial charge in [0.25, 0.3) is 5.91 Å². The van der Waals surface area contributed by atoms with Crippen molar-refractivity contribution >= 4 is 23.2 Å². The number of rotatable bonds is 3. The Balaban J connectivity index is 2.02. The molecule has 2 amide bonds. The average molecular weight is 268 g/mol. The number of thiophene rings is 1. The summed E-state index contributed by atoms with van der Waals surface area (Å²) in [6.45, 7) is 1.15. The van der Waals surface area contributed by atoms with Crippen LogP contribution in [0.25, 0.3) is 0 Å². The van der Waals surface area contributed by atoms with E-state index in [-0.39, 0.29) is 17.7 Å². The molecule has 1 aliphatic heterocycles. The summed E-state index contributed by atoms with van der Waals surface area (Å²) >= 11 is 1.38. The maximum atomic E-state index is 12.3. The highest BCUT2D eigenvalue weighted by molar-refractivity contribution is 7.12. The van der Waals surface area contributed by atoms with Crippen molar-refractivity contribution in [2.45, 2.75) is 12.8 Å². The summed E-state index contributed by atoms with van der Waals surface area (Å²) in [6.07, 6.45) is 1.30. The van der Waals surface area contributed by atoms with Crippen molar-refractivity contribution in [3.8, 4) is 5.75 Å². The number of amides is 2. The second-order valence-corrected chi connectivity index (χ2v) is 5.20. The van der Waals surface area contributed by atoms with Crippen molar-refractivity contribution in [1.29, 1.82) is 0 Å². The van der Waals surface area contributed by atoms with Crippen molar-refractivity contribution in [1.82, 2.24) is 4.90 Å². The lowest BCUT2D eigenvalue weighted by molar-refractivity contribution is -0.123. The van der Waals surface area contributed by atoms with Crippen LogP contribution in [0.15, 0.2) is 11.4 Å². The zero-order valence-corrected chi connectivity index (χ0v) is 11.0. The van der Waals surface area contributed by atoms with Gasteiger partial charge in [-0.2, -0.15) is 0 Å². The first-order chi connectivity index (χ1) is 8.63. The molecule has 1 saturated heterocycles. The van der Waals surface area contributed by atoms with Crippen LogP contribution in [-0.4, -0.2) is 36.9 Å². The van der Waals surface area contributed by atoms with Gasteiger partial charge in [0.05, 0.1) is 7.11 Å². The lowest BCUT2D eigenvalue weighted by atomic mass is 9.96. The van der Waals surface area contributed by atoms with Gasteiger partial charge in [-0.15, -0.1) is 11.3 Å². The van der Waals surface area contributed by atoms with Crippen molar-refractivity contribution in [3.05, 3.63) is 16.3 Å². The number of primary amides is 1. The molecule has 1 aromatic rings. The summed E-state index contributed by atoms with van der Waals surface area (Å²) in [5, 5.41) is 1.84. The zero-order valence-electron chi connectivity index (χ0n) is 10.2. The Morgan fingerprint density at radius 3 is 2.67 bits per heavy atom. The molecular formula is C12H16N2O3S. The van der Waals surface area contributed by atoms with E-state index < -0.39 is 0 Å². The second-order valence-electron chi connectivity index (χ2n) is 4.29. The average Bonchev–Trinajstić information content (AvgIpc) is 2.86. The highest BCUT2D eigenvalue weighted by atomic mass is 32.1. The summed E-state index contributed by atoms with van der Waals surface area (Å²) in [4.78, 5) is 25.7. The molecule has 0 atom stereocenters. The Morgan fingerprint density at radius 1 is 1.44 bits per heavy atom. The van der Waals surface area contributed by atoms with E-state index in [9.17, 15) is 9.59 Å². The Hall–Kier alpha value is -1.56. The summed E-state index contributed by atoms with van der Waals surface area (Å²) < 4.78 is 5.15. The van der Waals surface area contributed by atoms with Crippen LogP contribution < -0.4 is 10.5 Å². The third-order valence-electron chi connectivity index (χ3n) is 3.23. The molecule has 0 aromatic carbocycles. The van der Waals surface area contributed by atoms with Crippen LogP contribution in [0.5, 0.6) is 5.75 Å². The summed E-state index contributed by atoms with van der Waals surface area (Å²) in [5.41, 5.74) is 5.27. The van der Waals surface area contributed by atoms with Gasteiger partial charge in [0.2, 0.25) is 5.91 Å². The van der Waals surface area contributed by atoms with Crippen LogP contribution in [0.3, 0.4) is 0 Å². The fourth-order valence-corrected chi connectivity index (χ4v) is 2.95. The predicted octanol–water partition coefficient (Wildman–Crippen LogP) is 1.09. The van der Waals surface area contributed by atoms with E-state index in [1.54, 1.807) is 18.1 Å². The monoisotopic (exact) mass is 268 g/mol. The minimum atomic E-state index is -0.268. The summed E-state index contributed by atoms with van der Waals surface area (Å²) in [7, 11) is 1.55. The van der Waals surface area contributed by atoms with Gasteiger partial charge in [0.1, 0.15) is 10.6 Å². The van der Waals surface area contributed by atoms with Crippen LogP contribution in [0.1, 0.15) is 22.5 Å². The number of likely N-dealkylation sites (tertiary alicyclic amines) is 1. The summed E-state index contributed by atoms with van der Waals surface area (Å²) in [6, 6.07) is 1.79. The van der Waals surface area contributed by atoms with Crippen LogP contribution in [0.4, 0.5) is 0 Å². The minimum absolute atomic E-state index is 0.0234. The number of methoxy groups -OCH3 is 1. The Bertz CT molecular complexity index is 450. The van der Waals surface area contributed by atoms with E-state index >= 15 is 0 Å². The molecule has 18 heavy (non-hydrogen) atoms. The number of ether oxygens (including phenoxy) is 1. The maximum Gasteiger partial charge on any atom is 0.267 e. The Labute approximate surface area is 110 Å². The van der Waals surface area contributed by atoms with Crippen molar-refractivity contribution in [3.63, 3.8) is 0 Å². The number of piperidine rings is 1. The first-order valence-corrected chi connectivity index (χ1v) is 6.71. The molecule has 1 aromatic heterocycles. The van der Waals surface area contributed by atoms with Crippen LogP contribution in [0.2, 0.25) is 0 Å². The smallest absolute Gasteiger partial charge is 0.267 e. The van der Waals surface area contributed by atoms with E-state index in [1.165, 1.54) is 11.3 Å². The first-order valence-electron chi connectivity index (χ1n) is 5.83. The van der Waals surface area contributed by atoms with E-state index in [4.69, 9.17) is 10.5 Å². The summed E-state index contributed by atoms with van der Waals surface area (Å²) in [5.74, 6) is 0.224. The van der Waals surface area contributed by atoms with E-state index in [0.717, 1.165) is 0 Å². The molecule has 2 heterocycles. The fraction of sp³-hybridized carbons (Fsp3) is 0.500. The molecule has 2 N–H and O–H groups in total. The lowest BCUT2D eigenvalue weighted by Gasteiger charge is -2.30. The number of hydrogen-bond donors (Lipinski definition) is 1. The van der Waals surface area contributed by atoms with Gasteiger partial charge >= 0.3 is 0 Å². The van der Waals surface area contributed by atoms with Crippen molar-refractivity contribution < 1.29 is 14.3 Å². The van der Waals surface area contributed by atoms with E-state index in [1.807, 2.05) is 5.38 Å². The zero-order chi connectivity index (χ0) is 13.1.